The van der Waals surface area contributed by atoms with Crippen molar-refractivity contribution in [2.45, 2.75) is 26.4 Å². The van der Waals surface area contributed by atoms with Crippen molar-refractivity contribution in [2.24, 2.45) is 0 Å². The van der Waals surface area contributed by atoms with Crippen LogP contribution in [-0.2, 0) is 6.42 Å². The van der Waals surface area contributed by atoms with Gasteiger partial charge in [0.2, 0.25) is 0 Å². The Bertz CT molecular complexity index is 337. The van der Waals surface area contributed by atoms with Crippen molar-refractivity contribution in [1.29, 1.82) is 0 Å². The fourth-order valence-corrected chi connectivity index (χ4v) is 1.71. The number of hydrogen-bond donors (Lipinski definition) is 1. The van der Waals surface area contributed by atoms with E-state index in [-0.39, 0.29) is 5.88 Å². The number of methoxy groups -OCH3 is 1. The predicted molar refractivity (Wildman–Crippen MR) is 62.9 cm³/mol. The minimum absolute atomic E-state index is 0.268. The zero-order valence-corrected chi connectivity index (χ0v) is 10.1. The number of benzene rings is 1. The number of aliphatic hydroxyl groups is 1. The summed E-state index contributed by atoms with van der Waals surface area (Å²) in [6.07, 6.45) is 0.123. The third-order valence-electron chi connectivity index (χ3n) is 2.49. The SMILES string of the molecule is COc1cc(C)c(CC(O)CCl)cc1C. The van der Waals surface area contributed by atoms with Gasteiger partial charge in [0.25, 0.3) is 0 Å². The molecule has 0 fully saturated rings. The van der Waals surface area contributed by atoms with Crippen LogP contribution in [-0.4, -0.2) is 24.2 Å². The van der Waals surface area contributed by atoms with Gasteiger partial charge in [-0.05, 0) is 43.0 Å². The summed E-state index contributed by atoms with van der Waals surface area (Å²) < 4.78 is 5.22. The Morgan fingerprint density at radius 1 is 1.33 bits per heavy atom. The molecule has 15 heavy (non-hydrogen) atoms. The minimum atomic E-state index is -0.474. The highest BCUT2D eigenvalue weighted by Gasteiger charge is 2.09. The summed E-state index contributed by atoms with van der Waals surface area (Å²) in [4.78, 5) is 0. The van der Waals surface area contributed by atoms with Crippen LogP contribution in [0.25, 0.3) is 0 Å². The van der Waals surface area contributed by atoms with E-state index in [2.05, 4.69) is 0 Å². The van der Waals surface area contributed by atoms with Gasteiger partial charge in [-0.1, -0.05) is 6.07 Å². The lowest BCUT2D eigenvalue weighted by Crippen LogP contribution is -2.13. The summed E-state index contributed by atoms with van der Waals surface area (Å²) in [7, 11) is 1.66. The third-order valence-corrected chi connectivity index (χ3v) is 2.84. The van der Waals surface area contributed by atoms with E-state index in [4.69, 9.17) is 16.3 Å². The molecule has 3 heteroatoms. The molecule has 1 unspecified atom stereocenters. The van der Waals surface area contributed by atoms with Crippen LogP contribution < -0.4 is 4.74 Å². The standard InChI is InChI=1S/C12H17ClO2/c1-8-5-12(15-3)9(2)4-10(8)6-11(14)7-13/h4-5,11,14H,6-7H2,1-3H3. The van der Waals surface area contributed by atoms with Crippen molar-refractivity contribution >= 4 is 11.6 Å². The largest absolute Gasteiger partial charge is 0.496 e. The van der Waals surface area contributed by atoms with Crippen molar-refractivity contribution in [1.82, 2.24) is 0 Å². The highest BCUT2D eigenvalue weighted by Crippen LogP contribution is 2.23. The molecule has 0 aliphatic heterocycles. The molecule has 0 aliphatic carbocycles. The predicted octanol–water partition coefficient (Wildman–Crippen LogP) is 2.45. The van der Waals surface area contributed by atoms with Crippen LogP contribution in [0.5, 0.6) is 5.75 Å². The van der Waals surface area contributed by atoms with Gasteiger partial charge in [0, 0.05) is 5.88 Å². The van der Waals surface area contributed by atoms with Crippen molar-refractivity contribution in [2.75, 3.05) is 13.0 Å². The molecule has 84 valence electrons. The molecular formula is C12H17ClO2. The molecule has 1 N–H and O–H groups in total. The first kappa shape index (κ1) is 12.3. The van der Waals surface area contributed by atoms with Crippen LogP contribution in [0.4, 0.5) is 0 Å². The number of aryl methyl sites for hydroxylation is 2. The lowest BCUT2D eigenvalue weighted by Gasteiger charge is -2.13. The van der Waals surface area contributed by atoms with E-state index in [0.717, 1.165) is 22.4 Å². The van der Waals surface area contributed by atoms with E-state index in [1.165, 1.54) is 0 Å². The van der Waals surface area contributed by atoms with Gasteiger partial charge in [-0.2, -0.15) is 0 Å². The van der Waals surface area contributed by atoms with Crippen molar-refractivity contribution in [3.05, 3.63) is 28.8 Å². The molecule has 0 amide bonds. The molecule has 0 bridgehead atoms. The first-order valence-electron chi connectivity index (χ1n) is 4.96. The van der Waals surface area contributed by atoms with Crippen LogP contribution in [0.1, 0.15) is 16.7 Å². The first-order valence-corrected chi connectivity index (χ1v) is 5.50. The Balaban J connectivity index is 2.95. The molecular weight excluding hydrogens is 212 g/mol. The number of hydrogen-bond acceptors (Lipinski definition) is 2. The second kappa shape index (κ2) is 5.38. The second-order valence-corrected chi connectivity index (χ2v) is 4.07. The lowest BCUT2D eigenvalue weighted by atomic mass is 10.00. The highest BCUT2D eigenvalue weighted by molar-refractivity contribution is 6.18. The number of ether oxygens (including phenoxy) is 1. The maximum Gasteiger partial charge on any atom is 0.122 e. The van der Waals surface area contributed by atoms with Gasteiger partial charge in [-0.3, -0.25) is 0 Å². The van der Waals surface area contributed by atoms with E-state index in [1.807, 2.05) is 26.0 Å². The molecule has 1 rings (SSSR count). The molecule has 0 saturated carbocycles. The Morgan fingerprint density at radius 2 is 2.00 bits per heavy atom. The Labute approximate surface area is 95.8 Å². The fourth-order valence-electron chi connectivity index (χ4n) is 1.60. The average molecular weight is 229 g/mol. The normalized spacial score (nSPS) is 12.6. The Hall–Kier alpha value is -0.730. The van der Waals surface area contributed by atoms with E-state index in [9.17, 15) is 5.11 Å². The van der Waals surface area contributed by atoms with Gasteiger partial charge in [-0.15, -0.1) is 11.6 Å². The van der Waals surface area contributed by atoms with E-state index < -0.39 is 6.10 Å². The lowest BCUT2D eigenvalue weighted by molar-refractivity contribution is 0.198. The summed E-state index contributed by atoms with van der Waals surface area (Å²) >= 11 is 5.58. The minimum Gasteiger partial charge on any atom is -0.496 e. The maximum atomic E-state index is 9.49. The number of rotatable bonds is 4. The van der Waals surface area contributed by atoms with Gasteiger partial charge in [0.05, 0.1) is 13.2 Å². The fraction of sp³-hybridized carbons (Fsp3) is 0.500. The van der Waals surface area contributed by atoms with Gasteiger partial charge in [-0.25, -0.2) is 0 Å². The number of aliphatic hydroxyl groups excluding tert-OH is 1. The van der Waals surface area contributed by atoms with Crippen molar-refractivity contribution < 1.29 is 9.84 Å². The zero-order valence-electron chi connectivity index (χ0n) is 9.38. The topological polar surface area (TPSA) is 29.5 Å². The molecule has 0 saturated heterocycles. The molecule has 0 radical (unpaired) electrons. The number of alkyl halides is 1. The Kier molecular flexibility index (Phi) is 4.43. The number of halogens is 1. The van der Waals surface area contributed by atoms with Crippen molar-refractivity contribution in [3.63, 3.8) is 0 Å². The quantitative estimate of drug-likeness (QED) is 0.803. The summed E-state index contributed by atoms with van der Waals surface area (Å²) in [5, 5.41) is 9.49. The van der Waals surface area contributed by atoms with E-state index >= 15 is 0 Å². The monoisotopic (exact) mass is 228 g/mol. The van der Waals surface area contributed by atoms with Crippen LogP contribution in [0.15, 0.2) is 12.1 Å². The van der Waals surface area contributed by atoms with E-state index in [1.54, 1.807) is 7.11 Å². The first-order chi connectivity index (χ1) is 7.08. The smallest absolute Gasteiger partial charge is 0.122 e. The molecule has 1 aromatic carbocycles. The maximum absolute atomic E-state index is 9.49. The van der Waals surface area contributed by atoms with Crippen molar-refractivity contribution in [3.8, 4) is 5.75 Å². The Morgan fingerprint density at radius 3 is 2.53 bits per heavy atom. The molecule has 0 spiro atoms. The van der Waals surface area contributed by atoms with Gasteiger partial charge in [0.15, 0.2) is 0 Å². The van der Waals surface area contributed by atoms with Crippen LogP contribution in [0, 0.1) is 13.8 Å². The summed E-state index contributed by atoms with van der Waals surface area (Å²) in [6.45, 7) is 4.01. The van der Waals surface area contributed by atoms with Crippen LogP contribution in [0.2, 0.25) is 0 Å². The second-order valence-electron chi connectivity index (χ2n) is 3.76. The van der Waals surface area contributed by atoms with Crippen LogP contribution >= 0.6 is 11.6 Å². The molecule has 0 aliphatic rings. The zero-order chi connectivity index (χ0) is 11.4. The van der Waals surface area contributed by atoms with Gasteiger partial charge < -0.3 is 9.84 Å². The van der Waals surface area contributed by atoms with E-state index in [0.29, 0.717) is 6.42 Å². The summed E-state index contributed by atoms with van der Waals surface area (Å²) in [6, 6.07) is 4.04. The molecule has 1 atom stereocenters. The molecule has 2 nitrogen and oxygen atoms in total. The molecule has 0 aromatic heterocycles. The van der Waals surface area contributed by atoms with Crippen LogP contribution in [0.3, 0.4) is 0 Å². The summed E-state index contributed by atoms with van der Waals surface area (Å²) in [5.41, 5.74) is 3.34. The molecule has 1 aromatic rings. The van der Waals surface area contributed by atoms with Gasteiger partial charge >= 0.3 is 0 Å². The average Bonchev–Trinajstić information content (AvgIpc) is 2.22. The molecule has 0 heterocycles. The third kappa shape index (κ3) is 3.11. The highest BCUT2D eigenvalue weighted by atomic mass is 35.5. The summed E-state index contributed by atoms with van der Waals surface area (Å²) in [5.74, 6) is 1.15. The van der Waals surface area contributed by atoms with Gasteiger partial charge in [0.1, 0.15) is 5.75 Å².